The highest BCUT2D eigenvalue weighted by Crippen LogP contribution is 2.22. The molecule has 1 atom stereocenters. The largest absolute Gasteiger partial charge is 0.497 e. The van der Waals surface area contributed by atoms with Crippen LogP contribution in [0.4, 0.5) is 5.69 Å². The number of aliphatic hydroxyl groups is 1. The summed E-state index contributed by atoms with van der Waals surface area (Å²) in [5.41, 5.74) is 0.881. The molecule has 0 amide bonds. The molecule has 1 N–H and O–H groups in total. The van der Waals surface area contributed by atoms with E-state index >= 15 is 0 Å². The van der Waals surface area contributed by atoms with Gasteiger partial charge in [-0.25, -0.2) is 0 Å². The third-order valence-electron chi connectivity index (χ3n) is 3.28. The fourth-order valence-electron chi connectivity index (χ4n) is 2.01. The third-order valence-corrected chi connectivity index (χ3v) is 3.28. The number of ether oxygens (including phenoxy) is 1. The lowest BCUT2D eigenvalue weighted by atomic mass is 10.00. The molecule has 0 aliphatic carbocycles. The average molecular weight is 301 g/mol. The molecular weight excluding hydrogens is 286 g/mol. The van der Waals surface area contributed by atoms with E-state index in [9.17, 15) is 20.0 Å². The van der Waals surface area contributed by atoms with E-state index in [-0.39, 0.29) is 17.9 Å². The maximum atomic E-state index is 12.1. The molecule has 0 saturated carbocycles. The summed E-state index contributed by atoms with van der Waals surface area (Å²) in [6, 6.07) is 12.1. The first kappa shape index (κ1) is 15.7. The Labute approximate surface area is 127 Å². The minimum absolute atomic E-state index is 0.0579. The Morgan fingerprint density at radius 1 is 1.18 bits per heavy atom. The van der Waals surface area contributed by atoms with Crippen LogP contribution in [0.1, 0.15) is 28.4 Å². The summed E-state index contributed by atoms with van der Waals surface area (Å²) in [7, 11) is 1.54. The van der Waals surface area contributed by atoms with Gasteiger partial charge >= 0.3 is 0 Å². The molecule has 6 heteroatoms. The van der Waals surface area contributed by atoms with Crippen LogP contribution in [0.25, 0.3) is 0 Å². The smallest absolute Gasteiger partial charge is 0.269 e. The van der Waals surface area contributed by atoms with E-state index in [0.717, 1.165) is 0 Å². The predicted octanol–water partition coefficient (Wildman–Crippen LogP) is 2.91. The summed E-state index contributed by atoms with van der Waals surface area (Å²) in [5, 5.41) is 20.6. The molecule has 0 aliphatic heterocycles. The van der Waals surface area contributed by atoms with Gasteiger partial charge in [0, 0.05) is 24.1 Å². The normalized spacial score (nSPS) is 11.7. The standard InChI is InChI=1S/C16H15NO5/c1-22-14-8-4-12(5-9-14)16(19)10-15(18)11-2-6-13(7-3-11)17(20)21/h2-9,15,18H,10H2,1H3/t15-/m1/s1. The van der Waals surface area contributed by atoms with E-state index in [1.807, 2.05) is 0 Å². The van der Waals surface area contributed by atoms with Crippen molar-refractivity contribution in [3.63, 3.8) is 0 Å². The van der Waals surface area contributed by atoms with Crippen molar-refractivity contribution in [1.29, 1.82) is 0 Å². The van der Waals surface area contributed by atoms with Gasteiger partial charge in [0.05, 0.1) is 18.1 Å². The van der Waals surface area contributed by atoms with E-state index in [1.165, 1.54) is 31.4 Å². The highest BCUT2D eigenvalue weighted by atomic mass is 16.6. The van der Waals surface area contributed by atoms with Crippen molar-refractivity contribution in [3.8, 4) is 5.75 Å². The topological polar surface area (TPSA) is 89.7 Å². The van der Waals surface area contributed by atoms with Crippen LogP contribution < -0.4 is 4.74 Å². The Bertz CT molecular complexity index is 664. The van der Waals surface area contributed by atoms with Gasteiger partial charge in [0.25, 0.3) is 5.69 Å². The molecule has 0 unspecified atom stereocenters. The van der Waals surface area contributed by atoms with Gasteiger partial charge in [0.1, 0.15) is 5.75 Å². The fourth-order valence-corrected chi connectivity index (χ4v) is 2.01. The van der Waals surface area contributed by atoms with Crippen molar-refractivity contribution < 1.29 is 19.6 Å². The van der Waals surface area contributed by atoms with Crippen molar-refractivity contribution >= 4 is 11.5 Å². The zero-order chi connectivity index (χ0) is 16.1. The number of non-ortho nitro benzene ring substituents is 1. The Kier molecular flexibility index (Phi) is 4.85. The van der Waals surface area contributed by atoms with E-state index in [2.05, 4.69) is 0 Å². The number of Topliss-reactive ketones (excluding diaryl/α,β-unsaturated/α-hetero) is 1. The van der Waals surface area contributed by atoms with E-state index in [4.69, 9.17) is 4.74 Å². The number of carbonyl (C=O) groups excluding carboxylic acids is 1. The number of benzene rings is 2. The number of hydrogen-bond donors (Lipinski definition) is 1. The summed E-state index contributed by atoms with van der Waals surface area (Å²) >= 11 is 0. The molecule has 2 aromatic carbocycles. The Balaban J connectivity index is 2.05. The van der Waals surface area contributed by atoms with Gasteiger partial charge in [0.2, 0.25) is 0 Å². The quantitative estimate of drug-likeness (QED) is 0.503. The summed E-state index contributed by atoms with van der Waals surface area (Å²) in [4.78, 5) is 22.2. The number of carbonyl (C=O) groups is 1. The third kappa shape index (κ3) is 3.67. The molecule has 0 aliphatic rings. The van der Waals surface area contributed by atoms with Crippen LogP contribution in [0.15, 0.2) is 48.5 Å². The lowest BCUT2D eigenvalue weighted by molar-refractivity contribution is -0.384. The van der Waals surface area contributed by atoms with Gasteiger partial charge in [0.15, 0.2) is 5.78 Å². The predicted molar refractivity (Wildman–Crippen MR) is 80.0 cm³/mol. The molecule has 0 spiro atoms. The van der Waals surface area contributed by atoms with Crippen molar-refractivity contribution in [2.45, 2.75) is 12.5 Å². The maximum absolute atomic E-state index is 12.1. The zero-order valence-corrected chi connectivity index (χ0v) is 11.9. The SMILES string of the molecule is COc1ccc(C(=O)C[C@@H](O)c2ccc([N+](=O)[O-])cc2)cc1. The molecule has 0 aromatic heterocycles. The molecule has 2 aromatic rings. The zero-order valence-electron chi connectivity index (χ0n) is 11.9. The highest BCUT2D eigenvalue weighted by molar-refractivity contribution is 5.96. The van der Waals surface area contributed by atoms with Crippen molar-refractivity contribution in [3.05, 3.63) is 69.8 Å². The summed E-state index contributed by atoms with van der Waals surface area (Å²) < 4.78 is 5.01. The van der Waals surface area contributed by atoms with Crippen LogP contribution in [0.2, 0.25) is 0 Å². The van der Waals surface area contributed by atoms with Gasteiger partial charge in [-0.05, 0) is 42.0 Å². The van der Waals surface area contributed by atoms with Gasteiger partial charge < -0.3 is 9.84 Å². The molecule has 6 nitrogen and oxygen atoms in total. The number of nitro benzene ring substituents is 1. The fraction of sp³-hybridized carbons (Fsp3) is 0.188. The highest BCUT2D eigenvalue weighted by Gasteiger charge is 2.16. The van der Waals surface area contributed by atoms with Crippen LogP contribution >= 0.6 is 0 Å². The summed E-state index contributed by atoms with van der Waals surface area (Å²) in [6.07, 6.45) is -1.10. The number of nitrogens with zero attached hydrogens (tertiary/aromatic N) is 1. The minimum atomic E-state index is -1.00. The second-order valence-corrected chi connectivity index (χ2v) is 4.72. The van der Waals surface area contributed by atoms with Crippen LogP contribution in [-0.4, -0.2) is 22.9 Å². The van der Waals surface area contributed by atoms with Crippen LogP contribution in [0.3, 0.4) is 0 Å². The van der Waals surface area contributed by atoms with Gasteiger partial charge in [-0.1, -0.05) is 0 Å². The second-order valence-electron chi connectivity index (χ2n) is 4.72. The van der Waals surface area contributed by atoms with Gasteiger partial charge in [-0.3, -0.25) is 14.9 Å². The number of aliphatic hydroxyl groups excluding tert-OH is 1. The minimum Gasteiger partial charge on any atom is -0.497 e. The monoisotopic (exact) mass is 301 g/mol. The number of methoxy groups -OCH3 is 1. The summed E-state index contributed by atoms with van der Waals surface area (Å²) in [5.74, 6) is 0.431. The number of rotatable bonds is 6. The molecule has 0 fully saturated rings. The Morgan fingerprint density at radius 2 is 1.77 bits per heavy atom. The van der Waals surface area contributed by atoms with Crippen molar-refractivity contribution in [1.82, 2.24) is 0 Å². The lowest BCUT2D eigenvalue weighted by Gasteiger charge is -2.10. The Hall–Kier alpha value is -2.73. The van der Waals surface area contributed by atoms with Crippen LogP contribution in [0, 0.1) is 10.1 Å². The maximum Gasteiger partial charge on any atom is 0.269 e. The van der Waals surface area contributed by atoms with Gasteiger partial charge in [-0.2, -0.15) is 0 Å². The van der Waals surface area contributed by atoms with E-state index < -0.39 is 11.0 Å². The molecule has 2 rings (SSSR count). The van der Waals surface area contributed by atoms with E-state index in [1.54, 1.807) is 24.3 Å². The molecule has 0 radical (unpaired) electrons. The van der Waals surface area contributed by atoms with E-state index in [0.29, 0.717) is 16.9 Å². The molecular formula is C16H15NO5. The lowest BCUT2D eigenvalue weighted by Crippen LogP contribution is -2.07. The molecule has 22 heavy (non-hydrogen) atoms. The first-order valence-corrected chi connectivity index (χ1v) is 6.61. The van der Waals surface area contributed by atoms with Crippen LogP contribution in [0.5, 0.6) is 5.75 Å². The number of hydrogen-bond acceptors (Lipinski definition) is 5. The molecule has 0 saturated heterocycles. The first-order chi connectivity index (χ1) is 10.5. The van der Waals surface area contributed by atoms with Crippen LogP contribution in [-0.2, 0) is 0 Å². The van der Waals surface area contributed by atoms with Gasteiger partial charge in [-0.15, -0.1) is 0 Å². The number of nitro groups is 1. The molecule has 114 valence electrons. The van der Waals surface area contributed by atoms with Crippen molar-refractivity contribution in [2.24, 2.45) is 0 Å². The number of ketones is 1. The first-order valence-electron chi connectivity index (χ1n) is 6.61. The Morgan fingerprint density at radius 3 is 2.27 bits per heavy atom. The van der Waals surface area contributed by atoms with Crippen molar-refractivity contribution in [2.75, 3.05) is 7.11 Å². The average Bonchev–Trinajstić information content (AvgIpc) is 2.54. The molecule has 0 heterocycles. The molecule has 0 bridgehead atoms. The summed E-state index contributed by atoms with van der Waals surface area (Å²) in [6.45, 7) is 0. The second kappa shape index (κ2) is 6.82.